The van der Waals surface area contributed by atoms with Crippen molar-refractivity contribution in [2.75, 3.05) is 7.11 Å². The Morgan fingerprint density at radius 2 is 2.12 bits per heavy atom. The van der Waals surface area contributed by atoms with Gasteiger partial charge in [0.25, 0.3) is 0 Å². The number of ether oxygens (including phenoxy) is 1. The molecule has 1 aromatic heterocycles. The van der Waals surface area contributed by atoms with Crippen LogP contribution in [0.2, 0.25) is 0 Å². The summed E-state index contributed by atoms with van der Waals surface area (Å²) in [5.74, 6) is 6.40. The predicted molar refractivity (Wildman–Crippen MR) is 66.4 cm³/mol. The Morgan fingerprint density at radius 1 is 1.24 bits per heavy atom. The van der Waals surface area contributed by atoms with Crippen LogP contribution >= 0.6 is 0 Å². The lowest BCUT2D eigenvalue weighted by molar-refractivity contribution is 0.413. The van der Waals surface area contributed by atoms with Gasteiger partial charge in [-0.3, -0.25) is 10.8 Å². The number of hydrazine groups is 1. The molecule has 17 heavy (non-hydrogen) atoms. The fraction of sp³-hybridized carbons (Fsp3) is 0.154. The molecule has 0 spiro atoms. The molecule has 0 radical (unpaired) electrons. The first-order valence-corrected chi connectivity index (χ1v) is 5.36. The Balaban J connectivity index is 2.35. The molecule has 4 nitrogen and oxygen atoms in total. The zero-order valence-electron chi connectivity index (χ0n) is 9.63. The quantitative estimate of drug-likeness (QED) is 0.618. The summed E-state index contributed by atoms with van der Waals surface area (Å²) in [7, 11) is 1.64. The maximum atomic E-state index is 5.60. The lowest BCUT2D eigenvalue weighted by Gasteiger charge is -2.16. The van der Waals surface area contributed by atoms with Gasteiger partial charge in [-0.1, -0.05) is 18.2 Å². The second kappa shape index (κ2) is 5.43. The summed E-state index contributed by atoms with van der Waals surface area (Å²) >= 11 is 0. The van der Waals surface area contributed by atoms with Crippen molar-refractivity contribution in [2.24, 2.45) is 5.84 Å². The topological polar surface area (TPSA) is 60.2 Å². The van der Waals surface area contributed by atoms with E-state index in [9.17, 15) is 0 Å². The number of methoxy groups -OCH3 is 1. The van der Waals surface area contributed by atoms with E-state index in [1.165, 1.54) is 0 Å². The van der Waals surface area contributed by atoms with E-state index in [4.69, 9.17) is 10.6 Å². The fourth-order valence-corrected chi connectivity index (χ4v) is 1.72. The van der Waals surface area contributed by atoms with Crippen molar-refractivity contribution in [2.45, 2.75) is 6.04 Å². The molecule has 3 N–H and O–H groups in total. The van der Waals surface area contributed by atoms with Crippen LogP contribution in [0.25, 0.3) is 0 Å². The number of hydrogen-bond acceptors (Lipinski definition) is 4. The van der Waals surface area contributed by atoms with Gasteiger partial charge >= 0.3 is 0 Å². The van der Waals surface area contributed by atoms with Gasteiger partial charge < -0.3 is 4.74 Å². The molecule has 1 atom stereocenters. The Labute approximate surface area is 100 Å². The van der Waals surface area contributed by atoms with Gasteiger partial charge in [-0.2, -0.15) is 0 Å². The van der Waals surface area contributed by atoms with Gasteiger partial charge in [0.15, 0.2) is 0 Å². The summed E-state index contributed by atoms with van der Waals surface area (Å²) in [6.45, 7) is 0. The highest BCUT2D eigenvalue weighted by Gasteiger charge is 2.13. The first-order chi connectivity index (χ1) is 8.35. The van der Waals surface area contributed by atoms with Crippen LogP contribution in [0.1, 0.15) is 17.3 Å². The second-order valence-corrected chi connectivity index (χ2v) is 3.63. The number of nitrogens with one attached hydrogen (secondary N) is 1. The molecule has 88 valence electrons. The molecule has 0 amide bonds. The number of nitrogens with two attached hydrogens (primary N) is 1. The zero-order chi connectivity index (χ0) is 12.1. The number of nitrogens with zero attached hydrogens (tertiary/aromatic N) is 1. The summed E-state index contributed by atoms with van der Waals surface area (Å²) in [4.78, 5) is 4.30. The highest BCUT2D eigenvalue weighted by Crippen LogP contribution is 2.22. The van der Waals surface area contributed by atoms with Crippen LogP contribution in [-0.2, 0) is 0 Å². The smallest absolute Gasteiger partial charge is 0.119 e. The first kappa shape index (κ1) is 11.6. The third-order valence-corrected chi connectivity index (χ3v) is 2.58. The minimum absolute atomic E-state index is 0.133. The van der Waals surface area contributed by atoms with E-state index in [-0.39, 0.29) is 6.04 Å². The van der Waals surface area contributed by atoms with Gasteiger partial charge in [0.2, 0.25) is 0 Å². The third-order valence-electron chi connectivity index (χ3n) is 2.58. The molecule has 0 aliphatic rings. The molecule has 1 heterocycles. The SMILES string of the molecule is COc1cccc(C(NN)c2ccccn2)c1. The number of aromatic nitrogens is 1. The minimum Gasteiger partial charge on any atom is -0.497 e. The van der Waals surface area contributed by atoms with E-state index in [0.29, 0.717) is 0 Å². The molecular formula is C13H15N3O. The van der Waals surface area contributed by atoms with Gasteiger partial charge in [-0.05, 0) is 29.8 Å². The first-order valence-electron chi connectivity index (χ1n) is 5.36. The van der Waals surface area contributed by atoms with E-state index < -0.39 is 0 Å². The van der Waals surface area contributed by atoms with E-state index in [2.05, 4.69) is 10.4 Å². The fourth-order valence-electron chi connectivity index (χ4n) is 1.72. The summed E-state index contributed by atoms with van der Waals surface area (Å²) in [5.41, 5.74) is 4.66. The van der Waals surface area contributed by atoms with Crippen LogP contribution in [0, 0.1) is 0 Å². The van der Waals surface area contributed by atoms with Crippen molar-refractivity contribution in [3.05, 3.63) is 59.9 Å². The van der Waals surface area contributed by atoms with E-state index >= 15 is 0 Å². The van der Waals surface area contributed by atoms with Gasteiger partial charge in [-0.15, -0.1) is 0 Å². The third kappa shape index (κ3) is 2.61. The molecule has 4 heteroatoms. The molecule has 0 aliphatic heterocycles. The zero-order valence-corrected chi connectivity index (χ0v) is 9.63. The van der Waals surface area contributed by atoms with Crippen molar-refractivity contribution in [1.29, 1.82) is 0 Å². The average Bonchev–Trinajstić information content (AvgIpc) is 2.41. The van der Waals surface area contributed by atoms with E-state index in [1.807, 2.05) is 42.5 Å². The number of hydrogen-bond donors (Lipinski definition) is 2. The molecule has 0 bridgehead atoms. The molecule has 0 saturated heterocycles. The van der Waals surface area contributed by atoms with Crippen molar-refractivity contribution in [3.63, 3.8) is 0 Å². The maximum absolute atomic E-state index is 5.60. The summed E-state index contributed by atoms with van der Waals surface area (Å²) in [6, 6.07) is 13.4. The molecule has 1 aromatic carbocycles. The Bertz CT molecular complexity index is 473. The van der Waals surface area contributed by atoms with E-state index in [0.717, 1.165) is 17.0 Å². The lowest BCUT2D eigenvalue weighted by Crippen LogP contribution is -2.29. The van der Waals surface area contributed by atoms with Crippen LogP contribution in [-0.4, -0.2) is 12.1 Å². The minimum atomic E-state index is -0.133. The van der Waals surface area contributed by atoms with Crippen molar-refractivity contribution in [3.8, 4) is 5.75 Å². The van der Waals surface area contributed by atoms with Crippen molar-refractivity contribution >= 4 is 0 Å². The molecule has 0 fully saturated rings. The highest BCUT2D eigenvalue weighted by molar-refractivity contribution is 5.34. The van der Waals surface area contributed by atoms with Crippen LogP contribution < -0.4 is 16.0 Å². The van der Waals surface area contributed by atoms with Gasteiger partial charge in [0.05, 0.1) is 18.8 Å². The Kier molecular flexibility index (Phi) is 3.69. The summed E-state index contributed by atoms with van der Waals surface area (Å²) in [5, 5.41) is 0. The Hall–Kier alpha value is -1.91. The average molecular weight is 229 g/mol. The molecule has 0 saturated carbocycles. The van der Waals surface area contributed by atoms with Crippen molar-refractivity contribution in [1.82, 2.24) is 10.4 Å². The lowest BCUT2D eigenvalue weighted by atomic mass is 10.0. The molecular weight excluding hydrogens is 214 g/mol. The van der Waals surface area contributed by atoms with Crippen LogP contribution in [0.15, 0.2) is 48.7 Å². The number of benzene rings is 1. The normalized spacial score (nSPS) is 12.1. The largest absolute Gasteiger partial charge is 0.497 e. The summed E-state index contributed by atoms with van der Waals surface area (Å²) in [6.07, 6.45) is 1.75. The molecule has 2 aromatic rings. The summed E-state index contributed by atoms with van der Waals surface area (Å²) < 4.78 is 5.20. The molecule has 0 aliphatic carbocycles. The standard InChI is InChI=1S/C13H15N3O/c1-17-11-6-4-5-10(9-11)13(16-14)12-7-2-3-8-15-12/h2-9,13,16H,14H2,1H3. The van der Waals surface area contributed by atoms with Gasteiger partial charge in [0, 0.05) is 6.20 Å². The number of pyridine rings is 1. The van der Waals surface area contributed by atoms with Crippen LogP contribution in [0.3, 0.4) is 0 Å². The van der Waals surface area contributed by atoms with Crippen LogP contribution in [0.4, 0.5) is 0 Å². The molecule has 2 rings (SSSR count). The van der Waals surface area contributed by atoms with Gasteiger partial charge in [0.1, 0.15) is 5.75 Å². The van der Waals surface area contributed by atoms with Gasteiger partial charge in [-0.25, -0.2) is 5.43 Å². The highest BCUT2D eigenvalue weighted by atomic mass is 16.5. The predicted octanol–water partition coefficient (Wildman–Crippen LogP) is 1.64. The monoisotopic (exact) mass is 229 g/mol. The van der Waals surface area contributed by atoms with Crippen molar-refractivity contribution < 1.29 is 4.74 Å². The Morgan fingerprint density at radius 3 is 2.76 bits per heavy atom. The maximum Gasteiger partial charge on any atom is 0.119 e. The van der Waals surface area contributed by atoms with Crippen LogP contribution in [0.5, 0.6) is 5.75 Å². The van der Waals surface area contributed by atoms with E-state index in [1.54, 1.807) is 13.3 Å². The second-order valence-electron chi connectivity index (χ2n) is 3.63. The molecule has 1 unspecified atom stereocenters. The number of rotatable bonds is 4.